The van der Waals surface area contributed by atoms with Crippen molar-refractivity contribution in [1.29, 1.82) is 0 Å². The summed E-state index contributed by atoms with van der Waals surface area (Å²) in [6, 6.07) is 3.57. The second-order valence-corrected chi connectivity index (χ2v) is 5.98. The Morgan fingerprint density at radius 1 is 1.08 bits per heavy atom. The van der Waals surface area contributed by atoms with Crippen molar-refractivity contribution in [3.63, 3.8) is 0 Å². The number of nitrogen functional groups attached to an aromatic ring is 1. The summed E-state index contributed by atoms with van der Waals surface area (Å²) < 4.78 is 0.815. The molecular weight excluding hydrogens is 400 g/mol. The second kappa shape index (κ2) is 10.9. The van der Waals surface area contributed by atoms with Crippen LogP contribution in [0.4, 0.5) is 11.4 Å². The molecule has 0 aliphatic heterocycles. The summed E-state index contributed by atoms with van der Waals surface area (Å²) in [4.78, 5) is 34.1. The van der Waals surface area contributed by atoms with Gasteiger partial charge in [0.05, 0.1) is 11.4 Å². The number of carbonyl (C=O) groups is 3. The van der Waals surface area contributed by atoms with Crippen molar-refractivity contribution in [2.75, 3.05) is 24.1 Å². The molecule has 0 aliphatic carbocycles. The topological polar surface area (TPSA) is 113 Å². The lowest BCUT2D eigenvalue weighted by Gasteiger charge is -2.11. The van der Waals surface area contributed by atoms with Gasteiger partial charge in [-0.2, -0.15) is 0 Å². The number of aryl methyl sites for hydroxylation is 1. The van der Waals surface area contributed by atoms with E-state index < -0.39 is 0 Å². The minimum absolute atomic E-state index is 0. The zero-order valence-corrected chi connectivity index (χ0v) is 16.0. The lowest BCUT2D eigenvalue weighted by atomic mass is 10.1. The summed E-state index contributed by atoms with van der Waals surface area (Å²) in [6.45, 7) is 3.94. The molecule has 24 heavy (non-hydrogen) atoms. The predicted molar refractivity (Wildman–Crippen MR) is 100 cm³/mol. The number of carbonyl (C=O) groups excluding carboxylic acids is 3. The van der Waals surface area contributed by atoms with Crippen LogP contribution >= 0.6 is 28.3 Å². The first kappa shape index (κ1) is 22.2. The van der Waals surface area contributed by atoms with Crippen LogP contribution in [-0.4, -0.2) is 30.8 Å². The van der Waals surface area contributed by atoms with E-state index in [2.05, 4.69) is 31.9 Å². The number of nitrogens with one attached hydrogen (secondary N) is 3. The molecule has 0 aliphatic rings. The van der Waals surface area contributed by atoms with E-state index >= 15 is 0 Å². The Bertz CT molecular complexity index is 611. The Morgan fingerprint density at radius 2 is 1.67 bits per heavy atom. The van der Waals surface area contributed by atoms with E-state index in [1.54, 1.807) is 6.07 Å². The van der Waals surface area contributed by atoms with Gasteiger partial charge in [0.2, 0.25) is 17.7 Å². The number of benzene rings is 1. The molecule has 0 atom stereocenters. The van der Waals surface area contributed by atoms with E-state index in [-0.39, 0.29) is 43.0 Å². The fourth-order valence-electron chi connectivity index (χ4n) is 1.83. The van der Waals surface area contributed by atoms with Gasteiger partial charge in [-0.05, 0) is 24.6 Å². The van der Waals surface area contributed by atoms with E-state index in [0.717, 1.165) is 10.0 Å². The smallest absolute Gasteiger partial charge is 0.224 e. The molecule has 0 saturated heterocycles. The highest BCUT2D eigenvalue weighted by Crippen LogP contribution is 2.27. The summed E-state index contributed by atoms with van der Waals surface area (Å²) in [5.41, 5.74) is 7.79. The fraction of sp³-hybridized carbons (Fsp3) is 0.400. The molecule has 0 aromatic heterocycles. The van der Waals surface area contributed by atoms with Crippen LogP contribution in [0.25, 0.3) is 0 Å². The summed E-state index contributed by atoms with van der Waals surface area (Å²) in [7, 11) is 0. The molecule has 0 radical (unpaired) electrons. The first-order valence-corrected chi connectivity index (χ1v) is 7.95. The molecule has 0 saturated carbocycles. The third-order valence-electron chi connectivity index (χ3n) is 3.03. The van der Waals surface area contributed by atoms with Crippen molar-refractivity contribution < 1.29 is 14.4 Å². The van der Waals surface area contributed by atoms with Gasteiger partial charge in [0.15, 0.2) is 0 Å². The lowest BCUT2D eigenvalue weighted by molar-refractivity contribution is -0.124. The molecule has 134 valence electrons. The van der Waals surface area contributed by atoms with Crippen LogP contribution in [-0.2, 0) is 14.4 Å². The molecule has 0 fully saturated rings. The number of rotatable bonds is 7. The first-order valence-electron chi connectivity index (χ1n) is 7.16. The van der Waals surface area contributed by atoms with Crippen LogP contribution in [0.1, 0.15) is 25.3 Å². The fourth-order valence-corrected chi connectivity index (χ4v) is 2.40. The average Bonchev–Trinajstić information content (AvgIpc) is 2.46. The van der Waals surface area contributed by atoms with Crippen LogP contribution < -0.4 is 21.7 Å². The molecule has 1 aromatic carbocycles. The van der Waals surface area contributed by atoms with Crippen LogP contribution in [0.15, 0.2) is 16.6 Å². The largest absolute Gasteiger partial charge is 0.397 e. The van der Waals surface area contributed by atoms with Crippen LogP contribution in [0.5, 0.6) is 0 Å². The van der Waals surface area contributed by atoms with Gasteiger partial charge in [-0.1, -0.05) is 15.9 Å². The Morgan fingerprint density at radius 3 is 2.29 bits per heavy atom. The first-order chi connectivity index (χ1) is 10.8. The molecule has 3 amide bonds. The monoisotopic (exact) mass is 420 g/mol. The Labute approximate surface area is 155 Å². The minimum atomic E-state index is -0.286. The number of hydrogen-bond acceptors (Lipinski definition) is 4. The summed E-state index contributed by atoms with van der Waals surface area (Å²) in [6.07, 6.45) is 0.121. The third kappa shape index (κ3) is 8.16. The van der Waals surface area contributed by atoms with Gasteiger partial charge in [0.25, 0.3) is 0 Å². The molecule has 0 unspecified atom stereocenters. The molecule has 1 rings (SSSR count). The second-order valence-electron chi connectivity index (χ2n) is 5.07. The van der Waals surface area contributed by atoms with Gasteiger partial charge in [-0.15, -0.1) is 12.4 Å². The van der Waals surface area contributed by atoms with Gasteiger partial charge in [-0.25, -0.2) is 0 Å². The van der Waals surface area contributed by atoms with Gasteiger partial charge < -0.3 is 21.7 Å². The zero-order chi connectivity index (χ0) is 17.4. The molecule has 7 nitrogen and oxygen atoms in total. The molecule has 0 spiro atoms. The number of hydrogen-bond donors (Lipinski definition) is 4. The number of halogens is 2. The molecule has 0 bridgehead atoms. The maximum atomic E-state index is 11.9. The van der Waals surface area contributed by atoms with E-state index in [1.807, 2.05) is 13.0 Å². The van der Waals surface area contributed by atoms with Gasteiger partial charge in [0.1, 0.15) is 0 Å². The third-order valence-corrected chi connectivity index (χ3v) is 3.48. The normalized spacial score (nSPS) is 9.62. The van der Waals surface area contributed by atoms with Crippen molar-refractivity contribution in [2.24, 2.45) is 0 Å². The van der Waals surface area contributed by atoms with Gasteiger partial charge >= 0.3 is 0 Å². The summed E-state index contributed by atoms with van der Waals surface area (Å²) in [5, 5.41) is 7.88. The van der Waals surface area contributed by atoms with E-state index in [1.165, 1.54) is 6.92 Å². The van der Waals surface area contributed by atoms with Crippen molar-refractivity contribution in [3.8, 4) is 0 Å². The molecule has 5 N–H and O–H groups in total. The Balaban J connectivity index is 0.00000529. The zero-order valence-electron chi connectivity index (χ0n) is 13.6. The van der Waals surface area contributed by atoms with Crippen molar-refractivity contribution in [2.45, 2.75) is 26.7 Å². The summed E-state index contributed by atoms with van der Waals surface area (Å²) in [5.74, 6) is -0.685. The van der Waals surface area contributed by atoms with Crippen LogP contribution in [0, 0.1) is 6.92 Å². The standard InChI is InChI=1S/C15H21BrN4O3.ClH/c1-9-7-11(16)8-12(15(9)17)20-14(23)4-3-13(22)19-6-5-18-10(2)21;/h7-8H,3-6,17H2,1-2H3,(H,18,21)(H,19,22)(H,20,23);1H. The summed E-state index contributed by atoms with van der Waals surface area (Å²) >= 11 is 3.34. The van der Waals surface area contributed by atoms with Crippen LogP contribution in [0.3, 0.4) is 0 Å². The highest BCUT2D eigenvalue weighted by Gasteiger charge is 2.10. The predicted octanol–water partition coefficient (Wildman–Crippen LogP) is 1.73. The van der Waals surface area contributed by atoms with E-state index in [4.69, 9.17) is 5.73 Å². The van der Waals surface area contributed by atoms with Crippen molar-refractivity contribution in [1.82, 2.24) is 10.6 Å². The number of anilines is 2. The molecule has 1 aromatic rings. The highest BCUT2D eigenvalue weighted by molar-refractivity contribution is 9.10. The molecule has 0 heterocycles. The maximum absolute atomic E-state index is 11.9. The average molecular weight is 422 g/mol. The molecular formula is C15H22BrClN4O3. The van der Waals surface area contributed by atoms with Crippen molar-refractivity contribution in [3.05, 3.63) is 22.2 Å². The quantitative estimate of drug-likeness (QED) is 0.396. The van der Waals surface area contributed by atoms with Crippen LogP contribution in [0.2, 0.25) is 0 Å². The SMILES string of the molecule is CC(=O)NCCNC(=O)CCC(=O)Nc1cc(Br)cc(C)c1N.Cl. The number of nitrogens with two attached hydrogens (primary N) is 1. The molecule has 9 heteroatoms. The van der Waals surface area contributed by atoms with E-state index in [9.17, 15) is 14.4 Å². The van der Waals surface area contributed by atoms with Gasteiger partial charge in [0, 0.05) is 37.3 Å². The van der Waals surface area contributed by atoms with E-state index in [0.29, 0.717) is 24.5 Å². The maximum Gasteiger partial charge on any atom is 0.224 e. The Kier molecular flexibility index (Phi) is 10.1. The Hall–Kier alpha value is -1.80. The minimum Gasteiger partial charge on any atom is -0.397 e. The van der Waals surface area contributed by atoms with Crippen molar-refractivity contribution >= 4 is 57.4 Å². The lowest BCUT2D eigenvalue weighted by Crippen LogP contribution is -2.33. The number of amides is 3. The highest BCUT2D eigenvalue weighted by atomic mass is 79.9. The van der Waals surface area contributed by atoms with Gasteiger partial charge in [-0.3, -0.25) is 14.4 Å².